The van der Waals surface area contributed by atoms with E-state index >= 15 is 0 Å². The highest BCUT2D eigenvalue weighted by atomic mass is 19.1. The predicted molar refractivity (Wildman–Crippen MR) is 69.8 cm³/mol. The molecule has 2 aromatic rings. The summed E-state index contributed by atoms with van der Waals surface area (Å²) in [5.41, 5.74) is 2.67. The highest BCUT2D eigenvalue weighted by molar-refractivity contribution is 5.21. The van der Waals surface area contributed by atoms with Crippen LogP contribution in [0, 0.1) is 18.6 Å². The van der Waals surface area contributed by atoms with Gasteiger partial charge in [-0.2, -0.15) is 5.10 Å². The Morgan fingerprint density at radius 3 is 2.53 bits per heavy atom. The molecule has 0 aliphatic rings. The van der Waals surface area contributed by atoms with Crippen LogP contribution in [-0.2, 0) is 13.1 Å². The lowest BCUT2D eigenvalue weighted by atomic mass is 10.2. The van der Waals surface area contributed by atoms with Gasteiger partial charge in [-0.25, -0.2) is 8.78 Å². The van der Waals surface area contributed by atoms with Crippen molar-refractivity contribution in [3.63, 3.8) is 0 Å². The molecule has 0 fully saturated rings. The Morgan fingerprint density at radius 1 is 1.21 bits per heavy atom. The molecule has 19 heavy (non-hydrogen) atoms. The first-order valence-electron chi connectivity index (χ1n) is 6.27. The number of nitrogens with zero attached hydrogens (tertiary/aromatic N) is 2. The number of hydrogen-bond acceptors (Lipinski definition) is 2. The Balaban J connectivity index is 2.16. The van der Waals surface area contributed by atoms with Crippen molar-refractivity contribution in [2.45, 2.75) is 26.9 Å². The molecule has 0 aliphatic carbocycles. The highest BCUT2D eigenvalue weighted by Gasteiger charge is 2.08. The first-order chi connectivity index (χ1) is 9.10. The van der Waals surface area contributed by atoms with Gasteiger partial charge in [0.1, 0.15) is 11.6 Å². The fraction of sp³-hybridized carbons (Fsp3) is 0.357. The fourth-order valence-corrected chi connectivity index (χ4v) is 1.95. The minimum atomic E-state index is -0.562. The lowest BCUT2D eigenvalue weighted by molar-refractivity contribution is 0.573. The van der Waals surface area contributed by atoms with E-state index in [9.17, 15) is 8.78 Å². The number of halogens is 2. The van der Waals surface area contributed by atoms with Crippen LogP contribution in [0.2, 0.25) is 0 Å². The molecule has 1 heterocycles. The molecule has 0 saturated heterocycles. The van der Waals surface area contributed by atoms with Crippen molar-refractivity contribution < 1.29 is 8.78 Å². The summed E-state index contributed by atoms with van der Waals surface area (Å²) in [7, 11) is 0. The van der Waals surface area contributed by atoms with Crippen LogP contribution in [0.25, 0.3) is 0 Å². The second-order valence-electron chi connectivity index (χ2n) is 4.47. The number of rotatable bonds is 5. The van der Waals surface area contributed by atoms with Crippen molar-refractivity contribution in [3.05, 3.63) is 52.9 Å². The molecular weight excluding hydrogens is 248 g/mol. The van der Waals surface area contributed by atoms with Crippen LogP contribution < -0.4 is 5.32 Å². The van der Waals surface area contributed by atoms with Crippen LogP contribution in [0.15, 0.2) is 24.4 Å². The standard InChI is InChI=1S/C14H17F2N3/c1-3-17-7-12-8-18-19(10(12)2)9-11-4-13(15)6-14(16)5-11/h4-6,8,17H,3,7,9H2,1-2H3. The van der Waals surface area contributed by atoms with E-state index in [0.717, 1.165) is 30.4 Å². The minimum absolute atomic E-state index is 0.368. The van der Waals surface area contributed by atoms with E-state index in [1.165, 1.54) is 12.1 Å². The van der Waals surface area contributed by atoms with Gasteiger partial charge >= 0.3 is 0 Å². The van der Waals surface area contributed by atoms with Crippen LogP contribution >= 0.6 is 0 Å². The average Bonchev–Trinajstić information content (AvgIpc) is 2.67. The van der Waals surface area contributed by atoms with Gasteiger partial charge in [0.25, 0.3) is 0 Å². The van der Waals surface area contributed by atoms with Crippen molar-refractivity contribution in [3.8, 4) is 0 Å². The zero-order valence-electron chi connectivity index (χ0n) is 11.1. The quantitative estimate of drug-likeness (QED) is 0.900. The Morgan fingerprint density at radius 2 is 1.89 bits per heavy atom. The Kier molecular flexibility index (Phi) is 4.27. The third-order valence-electron chi connectivity index (χ3n) is 3.02. The minimum Gasteiger partial charge on any atom is -0.313 e. The molecule has 0 radical (unpaired) electrons. The Bertz CT molecular complexity index is 544. The Labute approximate surface area is 111 Å². The molecule has 0 aliphatic heterocycles. The molecule has 2 rings (SSSR count). The second-order valence-corrected chi connectivity index (χ2v) is 4.47. The van der Waals surface area contributed by atoms with Gasteiger partial charge in [-0.15, -0.1) is 0 Å². The van der Waals surface area contributed by atoms with Crippen molar-refractivity contribution in [1.29, 1.82) is 0 Å². The summed E-state index contributed by atoms with van der Waals surface area (Å²) in [5, 5.41) is 7.48. The van der Waals surface area contributed by atoms with E-state index < -0.39 is 11.6 Å². The second kappa shape index (κ2) is 5.93. The lowest BCUT2D eigenvalue weighted by Crippen LogP contribution is -2.12. The van der Waals surface area contributed by atoms with Crippen LogP contribution in [0.5, 0.6) is 0 Å². The summed E-state index contributed by atoms with van der Waals surface area (Å²) < 4.78 is 28.0. The SMILES string of the molecule is CCNCc1cnn(Cc2cc(F)cc(F)c2)c1C. The molecule has 3 nitrogen and oxygen atoms in total. The molecule has 1 aromatic heterocycles. The third kappa shape index (κ3) is 3.38. The number of nitrogens with one attached hydrogen (secondary N) is 1. The van der Waals surface area contributed by atoms with Gasteiger partial charge in [-0.1, -0.05) is 6.92 Å². The fourth-order valence-electron chi connectivity index (χ4n) is 1.95. The topological polar surface area (TPSA) is 29.9 Å². The van der Waals surface area contributed by atoms with Crippen molar-refractivity contribution in [1.82, 2.24) is 15.1 Å². The lowest BCUT2D eigenvalue weighted by Gasteiger charge is -2.07. The van der Waals surface area contributed by atoms with Gasteiger partial charge in [-0.3, -0.25) is 4.68 Å². The zero-order valence-corrected chi connectivity index (χ0v) is 11.1. The maximum atomic E-state index is 13.1. The molecule has 1 aromatic carbocycles. The van der Waals surface area contributed by atoms with Crippen LogP contribution in [0.3, 0.4) is 0 Å². The first kappa shape index (κ1) is 13.7. The molecule has 0 unspecified atom stereocenters. The van der Waals surface area contributed by atoms with E-state index in [1.54, 1.807) is 10.9 Å². The molecular formula is C14H17F2N3. The van der Waals surface area contributed by atoms with Gasteiger partial charge in [0.2, 0.25) is 0 Å². The molecule has 0 amide bonds. The monoisotopic (exact) mass is 265 g/mol. The van der Waals surface area contributed by atoms with Gasteiger partial charge in [0.15, 0.2) is 0 Å². The predicted octanol–water partition coefficient (Wildman–Crippen LogP) is 2.63. The van der Waals surface area contributed by atoms with E-state index in [-0.39, 0.29) is 0 Å². The zero-order chi connectivity index (χ0) is 13.8. The summed E-state index contributed by atoms with van der Waals surface area (Å²) in [5.74, 6) is -1.12. The van der Waals surface area contributed by atoms with E-state index in [2.05, 4.69) is 10.4 Å². The molecule has 0 spiro atoms. The maximum Gasteiger partial charge on any atom is 0.126 e. The van der Waals surface area contributed by atoms with E-state index in [0.29, 0.717) is 12.1 Å². The summed E-state index contributed by atoms with van der Waals surface area (Å²) in [6.45, 7) is 6.00. The third-order valence-corrected chi connectivity index (χ3v) is 3.02. The van der Waals surface area contributed by atoms with Crippen LogP contribution in [-0.4, -0.2) is 16.3 Å². The van der Waals surface area contributed by atoms with Gasteiger partial charge in [0.05, 0.1) is 12.7 Å². The summed E-state index contributed by atoms with van der Waals surface area (Å²) >= 11 is 0. The van der Waals surface area contributed by atoms with Gasteiger partial charge in [0, 0.05) is 23.9 Å². The first-order valence-corrected chi connectivity index (χ1v) is 6.27. The van der Waals surface area contributed by atoms with Crippen molar-refractivity contribution >= 4 is 0 Å². The van der Waals surface area contributed by atoms with Crippen LogP contribution in [0.1, 0.15) is 23.7 Å². The number of aromatic nitrogens is 2. The molecule has 5 heteroatoms. The molecule has 0 saturated carbocycles. The Hall–Kier alpha value is -1.75. The smallest absolute Gasteiger partial charge is 0.126 e. The molecule has 1 N–H and O–H groups in total. The summed E-state index contributed by atoms with van der Waals surface area (Å²) in [6, 6.07) is 3.53. The molecule has 0 atom stereocenters. The van der Waals surface area contributed by atoms with Gasteiger partial charge in [-0.05, 0) is 31.2 Å². The van der Waals surface area contributed by atoms with Gasteiger partial charge < -0.3 is 5.32 Å². The van der Waals surface area contributed by atoms with E-state index in [1.807, 2.05) is 13.8 Å². The summed E-state index contributed by atoms with van der Waals surface area (Å²) in [6.07, 6.45) is 1.79. The van der Waals surface area contributed by atoms with Crippen molar-refractivity contribution in [2.75, 3.05) is 6.54 Å². The normalized spacial score (nSPS) is 10.9. The highest BCUT2D eigenvalue weighted by Crippen LogP contribution is 2.12. The largest absolute Gasteiger partial charge is 0.313 e. The van der Waals surface area contributed by atoms with Crippen molar-refractivity contribution in [2.24, 2.45) is 0 Å². The number of hydrogen-bond donors (Lipinski definition) is 1. The molecule has 102 valence electrons. The average molecular weight is 265 g/mol. The van der Waals surface area contributed by atoms with Crippen LogP contribution in [0.4, 0.5) is 8.78 Å². The number of benzene rings is 1. The molecule has 0 bridgehead atoms. The van der Waals surface area contributed by atoms with E-state index in [4.69, 9.17) is 0 Å². The summed E-state index contributed by atoms with van der Waals surface area (Å²) in [4.78, 5) is 0. The maximum absolute atomic E-state index is 13.1.